The summed E-state index contributed by atoms with van der Waals surface area (Å²) in [5.74, 6) is 0. The van der Waals surface area contributed by atoms with Crippen molar-refractivity contribution in [1.29, 1.82) is 0 Å². The van der Waals surface area contributed by atoms with Crippen molar-refractivity contribution in [1.82, 2.24) is 0 Å². The minimum absolute atomic E-state index is 0.150. The third kappa shape index (κ3) is 3.18. The molecule has 2 unspecified atom stereocenters. The van der Waals surface area contributed by atoms with Gasteiger partial charge in [-0.05, 0) is 30.2 Å². The standard InChI is InChI=1S/C17H22N2O/c1-13-7-6-10-15(11-13)19(2)17(16(20)12-18)14-8-4-3-5-9-14/h3-11,16-17,20H,12,18H2,1-2H3. The van der Waals surface area contributed by atoms with Gasteiger partial charge in [-0.25, -0.2) is 0 Å². The Morgan fingerprint density at radius 3 is 2.40 bits per heavy atom. The van der Waals surface area contributed by atoms with Gasteiger partial charge < -0.3 is 15.7 Å². The van der Waals surface area contributed by atoms with E-state index in [-0.39, 0.29) is 12.6 Å². The molecule has 0 saturated carbocycles. The first kappa shape index (κ1) is 14.6. The van der Waals surface area contributed by atoms with Crippen LogP contribution in [0.15, 0.2) is 54.6 Å². The van der Waals surface area contributed by atoms with E-state index in [2.05, 4.69) is 24.0 Å². The largest absolute Gasteiger partial charge is 0.389 e. The average Bonchev–Trinajstić information content (AvgIpc) is 2.48. The Morgan fingerprint density at radius 2 is 1.80 bits per heavy atom. The number of anilines is 1. The molecule has 0 aliphatic heterocycles. The van der Waals surface area contributed by atoms with Crippen LogP contribution in [-0.2, 0) is 0 Å². The van der Waals surface area contributed by atoms with Crippen LogP contribution in [0.3, 0.4) is 0 Å². The lowest BCUT2D eigenvalue weighted by Gasteiger charge is -2.33. The van der Waals surface area contributed by atoms with Crippen molar-refractivity contribution in [3.63, 3.8) is 0 Å². The molecule has 0 bridgehead atoms. The number of rotatable bonds is 5. The number of nitrogens with zero attached hydrogens (tertiary/aromatic N) is 1. The van der Waals surface area contributed by atoms with Crippen LogP contribution in [0.2, 0.25) is 0 Å². The van der Waals surface area contributed by atoms with Gasteiger partial charge in [-0.3, -0.25) is 0 Å². The Morgan fingerprint density at radius 1 is 1.10 bits per heavy atom. The maximum atomic E-state index is 10.3. The number of benzene rings is 2. The van der Waals surface area contributed by atoms with E-state index in [1.807, 2.05) is 49.5 Å². The summed E-state index contributed by atoms with van der Waals surface area (Å²) in [7, 11) is 1.99. The molecule has 106 valence electrons. The summed E-state index contributed by atoms with van der Waals surface area (Å²) < 4.78 is 0. The fourth-order valence-corrected chi connectivity index (χ4v) is 2.49. The highest BCUT2D eigenvalue weighted by Gasteiger charge is 2.24. The lowest BCUT2D eigenvalue weighted by Crippen LogP contribution is -2.38. The molecule has 20 heavy (non-hydrogen) atoms. The SMILES string of the molecule is Cc1cccc(N(C)C(c2ccccc2)C(O)CN)c1. The molecule has 2 aromatic carbocycles. The van der Waals surface area contributed by atoms with Crippen molar-refractivity contribution < 1.29 is 5.11 Å². The molecule has 0 fully saturated rings. The minimum atomic E-state index is -0.608. The molecular weight excluding hydrogens is 248 g/mol. The average molecular weight is 270 g/mol. The Bertz CT molecular complexity index is 542. The molecule has 0 saturated heterocycles. The molecule has 3 N–H and O–H groups in total. The quantitative estimate of drug-likeness (QED) is 0.877. The number of nitrogens with two attached hydrogens (primary N) is 1. The zero-order valence-corrected chi connectivity index (χ0v) is 12.0. The first-order chi connectivity index (χ1) is 9.63. The Labute approximate surface area is 120 Å². The fourth-order valence-electron chi connectivity index (χ4n) is 2.49. The van der Waals surface area contributed by atoms with Crippen LogP contribution in [0.5, 0.6) is 0 Å². The molecule has 2 atom stereocenters. The lowest BCUT2D eigenvalue weighted by atomic mass is 9.99. The normalized spacial score (nSPS) is 13.8. The van der Waals surface area contributed by atoms with Gasteiger partial charge in [-0.1, -0.05) is 42.5 Å². The summed E-state index contributed by atoms with van der Waals surface area (Å²) >= 11 is 0. The van der Waals surface area contributed by atoms with Crippen molar-refractivity contribution in [2.45, 2.75) is 19.1 Å². The van der Waals surface area contributed by atoms with Gasteiger partial charge in [-0.15, -0.1) is 0 Å². The van der Waals surface area contributed by atoms with Crippen molar-refractivity contribution in [3.05, 3.63) is 65.7 Å². The number of aliphatic hydroxyl groups is 1. The van der Waals surface area contributed by atoms with Crippen LogP contribution < -0.4 is 10.6 Å². The highest BCUT2D eigenvalue weighted by atomic mass is 16.3. The minimum Gasteiger partial charge on any atom is -0.389 e. The molecular formula is C17H22N2O. The summed E-state index contributed by atoms with van der Waals surface area (Å²) in [5, 5.41) is 10.3. The van der Waals surface area contributed by atoms with Crippen molar-refractivity contribution >= 4 is 5.69 Å². The molecule has 3 heteroatoms. The Balaban J connectivity index is 2.36. The molecule has 0 heterocycles. The predicted octanol–water partition coefficient (Wildman–Crippen LogP) is 2.49. The van der Waals surface area contributed by atoms with Crippen molar-refractivity contribution in [2.75, 3.05) is 18.5 Å². The molecule has 0 aliphatic carbocycles. The zero-order valence-electron chi connectivity index (χ0n) is 12.0. The first-order valence-electron chi connectivity index (χ1n) is 6.86. The molecule has 2 rings (SSSR count). The third-order valence-corrected chi connectivity index (χ3v) is 3.57. The predicted molar refractivity (Wildman–Crippen MR) is 83.8 cm³/mol. The second-order valence-corrected chi connectivity index (χ2v) is 5.11. The molecule has 0 amide bonds. The Hall–Kier alpha value is -1.84. The van der Waals surface area contributed by atoms with Crippen LogP contribution in [0.1, 0.15) is 17.2 Å². The van der Waals surface area contributed by atoms with Crippen LogP contribution >= 0.6 is 0 Å². The summed E-state index contributed by atoms with van der Waals surface area (Å²) in [5.41, 5.74) is 9.02. The second kappa shape index (κ2) is 6.55. The van der Waals surface area contributed by atoms with Crippen molar-refractivity contribution in [3.8, 4) is 0 Å². The van der Waals surface area contributed by atoms with E-state index < -0.39 is 6.10 Å². The summed E-state index contributed by atoms with van der Waals surface area (Å²) in [6, 6.07) is 18.1. The van der Waals surface area contributed by atoms with Gasteiger partial charge in [0.25, 0.3) is 0 Å². The van der Waals surface area contributed by atoms with E-state index in [9.17, 15) is 5.11 Å². The monoisotopic (exact) mass is 270 g/mol. The fraction of sp³-hybridized carbons (Fsp3) is 0.294. The number of likely N-dealkylation sites (N-methyl/N-ethyl adjacent to an activating group) is 1. The van der Waals surface area contributed by atoms with Gasteiger partial charge in [0.15, 0.2) is 0 Å². The molecule has 0 spiro atoms. The third-order valence-electron chi connectivity index (χ3n) is 3.57. The van der Waals surface area contributed by atoms with Gasteiger partial charge in [0.2, 0.25) is 0 Å². The number of aliphatic hydroxyl groups excluding tert-OH is 1. The van der Waals surface area contributed by atoms with Gasteiger partial charge in [0.05, 0.1) is 12.1 Å². The van der Waals surface area contributed by atoms with Crippen LogP contribution in [-0.4, -0.2) is 24.8 Å². The number of aryl methyl sites for hydroxylation is 1. The molecule has 0 aliphatic rings. The molecule has 0 radical (unpaired) electrons. The molecule has 0 aromatic heterocycles. The lowest BCUT2D eigenvalue weighted by molar-refractivity contribution is 0.150. The highest BCUT2D eigenvalue weighted by Crippen LogP contribution is 2.28. The highest BCUT2D eigenvalue weighted by molar-refractivity contribution is 5.50. The molecule has 3 nitrogen and oxygen atoms in total. The smallest absolute Gasteiger partial charge is 0.0907 e. The summed E-state index contributed by atoms with van der Waals surface area (Å²) in [6.45, 7) is 2.30. The van der Waals surface area contributed by atoms with Gasteiger partial charge >= 0.3 is 0 Å². The van der Waals surface area contributed by atoms with Gasteiger partial charge in [-0.2, -0.15) is 0 Å². The summed E-state index contributed by atoms with van der Waals surface area (Å²) in [6.07, 6.45) is -0.608. The topological polar surface area (TPSA) is 49.5 Å². The second-order valence-electron chi connectivity index (χ2n) is 5.11. The van der Waals surface area contributed by atoms with Crippen LogP contribution in [0.4, 0.5) is 5.69 Å². The van der Waals surface area contributed by atoms with E-state index in [1.165, 1.54) is 5.56 Å². The Kier molecular flexibility index (Phi) is 4.77. The van der Waals surface area contributed by atoms with Gasteiger partial charge in [0, 0.05) is 19.3 Å². The van der Waals surface area contributed by atoms with E-state index in [0.717, 1.165) is 11.3 Å². The summed E-state index contributed by atoms with van der Waals surface area (Å²) in [4.78, 5) is 2.08. The van der Waals surface area contributed by atoms with Crippen LogP contribution in [0, 0.1) is 6.92 Å². The maximum absolute atomic E-state index is 10.3. The van der Waals surface area contributed by atoms with Crippen LogP contribution in [0.25, 0.3) is 0 Å². The van der Waals surface area contributed by atoms with E-state index >= 15 is 0 Å². The zero-order chi connectivity index (χ0) is 14.5. The van der Waals surface area contributed by atoms with Gasteiger partial charge in [0.1, 0.15) is 0 Å². The van der Waals surface area contributed by atoms with E-state index in [1.54, 1.807) is 0 Å². The molecule has 2 aromatic rings. The van der Waals surface area contributed by atoms with Crippen molar-refractivity contribution in [2.24, 2.45) is 5.73 Å². The van der Waals surface area contributed by atoms with E-state index in [4.69, 9.17) is 5.73 Å². The number of hydrogen-bond donors (Lipinski definition) is 2. The maximum Gasteiger partial charge on any atom is 0.0907 e. The number of hydrogen-bond acceptors (Lipinski definition) is 3. The first-order valence-corrected chi connectivity index (χ1v) is 6.86. The van der Waals surface area contributed by atoms with E-state index in [0.29, 0.717) is 0 Å².